The van der Waals surface area contributed by atoms with Gasteiger partial charge >= 0.3 is 29.6 Å². The standard InChI is InChI=1S/2C14H9ClN4OS.C7H5BrClNO.C7H7N3OS.C2H6O.CH2O3.CH4.BrH.Na/c2*1-20-12-5-4-11-13(18-12)21-14-17-10(7-19(11)14)9-3-2-8(15)6-16-9;8-3-7(11)6-2-1-5(9)4-10-6;1-11-5-3-2-4-6(10-5)12-7(8)9-4;1-2-3;2-1-4-3;;;/h2*2-7H,1H3;1-2,4H,3H2;2-3H,1H3,(H2,8,9);3H,2H2,1H3;1,3H;1H4;1H;/q;;;;;;;;+1/p-1. The molecule has 11 aromatic rings. The van der Waals surface area contributed by atoms with E-state index >= 15 is 0 Å². The van der Waals surface area contributed by atoms with Crippen LogP contribution in [0.3, 0.4) is 0 Å². The predicted octanol–water partition coefficient (Wildman–Crippen LogP) is 7.58. The number of aliphatic hydroxyl groups excluding tert-OH is 1. The quantitative estimate of drug-likeness (QED) is 0.0371. The fraction of sp³-hybridized carbons (Fsp3) is 0.152. The molecule has 0 radical (unpaired) electrons. The maximum atomic E-state index is 11.0. The molecule has 11 rings (SSSR count). The molecule has 11 heterocycles. The van der Waals surface area contributed by atoms with Crippen LogP contribution < -0.4 is 54.8 Å². The van der Waals surface area contributed by atoms with E-state index in [0.29, 0.717) is 48.9 Å². The van der Waals surface area contributed by atoms with Crippen molar-refractivity contribution in [2.75, 3.05) is 39.0 Å². The third-order valence-electron chi connectivity index (χ3n) is 8.90. The van der Waals surface area contributed by atoms with Crippen LogP contribution in [0.4, 0.5) is 5.13 Å². The number of nitrogens with zero attached hydrogens (tertiary/aromatic N) is 11. The number of anilines is 1. The van der Waals surface area contributed by atoms with Gasteiger partial charge in [0.25, 0.3) is 6.47 Å². The molecule has 0 aromatic carbocycles. The number of nitrogens with two attached hydrogens (primary N) is 1. The molecule has 0 aliphatic carbocycles. The number of methoxy groups -OCH3 is 3. The zero-order valence-corrected chi connectivity index (χ0v) is 49.3. The molecule has 0 bridgehead atoms. The number of ether oxygens (including phenoxy) is 3. The summed E-state index contributed by atoms with van der Waals surface area (Å²) in [6.07, 6.45) is 8.61. The Balaban J connectivity index is 0.000000257. The zero-order valence-electron chi connectivity index (χ0n) is 39.3. The number of pyridine rings is 6. The van der Waals surface area contributed by atoms with Crippen LogP contribution in [0.25, 0.3) is 63.7 Å². The van der Waals surface area contributed by atoms with E-state index in [-0.39, 0.29) is 72.8 Å². The summed E-state index contributed by atoms with van der Waals surface area (Å²) in [6, 6.07) is 21.8. The van der Waals surface area contributed by atoms with E-state index in [1.54, 1.807) is 58.8 Å². The molecular weight excluding hydrogens is 1230 g/mol. The average molecular weight is 1280 g/mol. The van der Waals surface area contributed by atoms with Gasteiger partial charge in [-0.2, -0.15) is 0 Å². The maximum absolute atomic E-state index is 11.0. The Morgan fingerprint density at radius 1 is 0.667 bits per heavy atom. The maximum Gasteiger partial charge on any atom is 1.00 e. The Bertz CT molecular complexity index is 3380. The number of hydrogen-bond donors (Lipinski definition) is 2. The summed E-state index contributed by atoms with van der Waals surface area (Å²) in [5.74, 6) is 1.76. The summed E-state index contributed by atoms with van der Waals surface area (Å²) in [5.41, 5.74) is 12.0. The van der Waals surface area contributed by atoms with Crippen LogP contribution >= 0.6 is 102 Å². The number of rotatable bonds is 8. The fourth-order valence-electron chi connectivity index (χ4n) is 5.81. The average Bonchev–Trinajstić information content (AvgIpc) is 4.23. The molecule has 29 heteroatoms. The Kier molecular flexibility index (Phi) is 27.1. The van der Waals surface area contributed by atoms with Crippen molar-refractivity contribution in [3.05, 3.63) is 125 Å². The first-order chi connectivity index (χ1) is 34.8. The number of hydrogen-bond acceptors (Lipinski definition) is 21. The molecule has 11 aromatic heterocycles. The van der Waals surface area contributed by atoms with Crippen LogP contribution in [0, 0.1) is 0 Å². The number of halogens is 5. The van der Waals surface area contributed by atoms with E-state index in [4.69, 9.17) is 69.9 Å². The van der Waals surface area contributed by atoms with E-state index in [0.717, 1.165) is 63.7 Å². The van der Waals surface area contributed by atoms with Crippen LogP contribution in [0.1, 0.15) is 24.8 Å². The molecule has 0 saturated carbocycles. The Labute approximate surface area is 496 Å². The van der Waals surface area contributed by atoms with Gasteiger partial charge in [-0.25, -0.2) is 29.9 Å². The molecule has 0 aliphatic heterocycles. The molecule has 388 valence electrons. The molecule has 20 nitrogen and oxygen atoms in total. The number of aromatic nitrogens is 11. The van der Waals surface area contributed by atoms with E-state index in [2.05, 4.69) is 65.7 Å². The van der Waals surface area contributed by atoms with E-state index in [9.17, 15) is 4.79 Å². The molecule has 75 heavy (non-hydrogen) atoms. The fourth-order valence-corrected chi connectivity index (χ4v) is 9.07. The van der Waals surface area contributed by atoms with Crippen molar-refractivity contribution in [2.45, 2.75) is 14.4 Å². The van der Waals surface area contributed by atoms with Gasteiger partial charge < -0.3 is 35.2 Å². The Morgan fingerprint density at radius 2 is 1.08 bits per heavy atom. The van der Waals surface area contributed by atoms with Gasteiger partial charge in [0, 0.05) is 55.8 Å². The van der Waals surface area contributed by atoms with Gasteiger partial charge in [0.1, 0.15) is 37.1 Å². The number of fused-ring (bicyclic) bond motifs is 7. The van der Waals surface area contributed by atoms with Gasteiger partial charge in [-0.05, 0) is 61.5 Å². The second kappa shape index (κ2) is 31.7. The summed E-state index contributed by atoms with van der Waals surface area (Å²) in [6.45, 7) is 1.75. The first-order valence-electron chi connectivity index (χ1n) is 20.4. The van der Waals surface area contributed by atoms with Gasteiger partial charge in [-0.1, -0.05) is 92.2 Å². The van der Waals surface area contributed by atoms with Crippen LogP contribution in [0.5, 0.6) is 17.6 Å². The second-order valence-corrected chi connectivity index (χ2v) is 18.3. The van der Waals surface area contributed by atoms with Crippen LogP contribution in [0.15, 0.2) is 104 Å². The number of aliphatic hydroxyl groups is 1. The normalized spacial score (nSPS) is 9.95. The smallest absolute Gasteiger partial charge is 0.662 e. The number of ketones is 1. The molecule has 0 amide bonds. The van der Waals surface area contributed by atoms with Crippen molar-refractivity contribution >= 4 is 160 Å². The third kappa shape index (κ3) is 17.4. The molecule has 0 fully saturated rings. The van der Waals surface area contributed by atoms with E-state index in [1.807, 2.05) is 75.8 Å². The Morgan fingerprint density at radius 3 is 1.45 bits per heavy atom. The minimum Gasteiger partial charge on any atom is -0.662 e. The van der Waals surface area contributed by atoms with Crippen LogP contribution in [-0.4, -0.2) is 104 Å². The molecule has 0 saturated heterocycles. The molecule has 0 aliphatic rings. The number of carbonyl (C=O) groups is 2. The summed E-state index contributed by atoms with van der Waals surface area (Å²) >= 11 is 24.7. The largest absolute Gasteiger partial charge is 1.00 e. The predicted molar refractivity (Wildman–Crippen MR) is 299 cm³/mol. The zero-order chi connectivity index (χ0) is 51.7. The van der Waals surface area contributed by atoms with Crippen LogP contribution in [-0.2, 0) is 9.68 Å². The molecule has 3 N–H and O–H groups in total. The van der Waals surface area contributed by atoms with E-state index < -0.39 is 0 Å². The monoisotopic (exact) mass is 1270 g/mol. The van der Waals surface area contributed by atoms with E-state index in [1.165, 1.54) is 40.2 Å². The molecule has 0 unspecified atom stereocenters. The molecule has 0 spiro atoms. The summed E-state index contributed by atoms with van der Waals surface area (Å²) in [7, 11) is 4.80. The number of nitrogen functional groups attached to an aromatic ring is 1. The topological polar surface area (TPSA) is 265 Å². The van der Waals surface area contributed by atoms with Crippen molar-refractivity contribution in [1.29, 1.82) is 0 Å². The Hall–Kier alpha value is -5.26. The summed E-state index contributed by atoms with van der Waals surface area (Å²) in [4.78, 5) is 65.3. The SMILES string of the molecule is Br.C.CCO.COc1ccc2c(n1)sc1nc(-c3ccc(Cl)cn3)cn12.COc1ccc2c(n1)sc1nc(-c3ccc(Cl)cn3)cn12.COc1ccc2nc(N)sc2n1.O=C(CBr)c1ccc(Cl)cn1.O=CO[O-].[Na+]. The van der Waals surface area contributed by atoms with Crippen molar-refractivity contribution in [1.82, 2.24) is 53.7 Å². The summed E-state index contributed by atoms with van der Waals surface area (Å²) < 4.78 is 19.3. The minimum absolute atomic E-state index is 0. The van der Waals surface area contributed by atoms with Gasteiger partial charge in [0.2, 0.25) is 17.6 Å². The van der Waals surface area contributed by atoms with Gasteiger partial charge in [0.05, 0.1) is 64.1 Å². The van der Waals surface area contributed by atoms with Crippen molar-refractivity contribution < 1.29 is 68.6 Å². The number of alkyl halides is 1. The third-order valence-corrected chi connectivity index (χ3v) is 12.8. The molecular formula is C46H42Br2Cl3N12NaO8S3. The van der Waals surface area contributed by atoms with Gasteiger partial charge in [-0.3, -0.25) is 33.3 Å². The first kappa shape index (κ1) is 64.0. The number of Topliss-reactive ketones (excluding diaryl/α,β-unsaturated/α-hetero) is 1. The van der Waals surface area contributed by atoms with Gasteiger partial charge in [0.15, 0.2) is 20.8 Å². The molecule has 0 atom stereocenters. The van der Waals surface area contributed by atoms with Crippen LogP contribution in [0.2, 0.25) is 15.1 Å². The van der Waals surface area contributed by atoms with Crippen molar-refractivity contribution in [3.63, 3.8) is 0 Å². The summed E-state index contributed by atoms with van der Waals surface area (Å²) in [5, 5.41) is 18.6. The first-order valence-corrected chi connectivity index (χ1v) is 25.1. The second-order valence-electron chi connectivity index (χ2n) is 13.5. The number of imidazole rings is 2. The number of thiazole rings is 3. The van der Waals surface area contributed by atoms with Crippen molar-refractivity contribution in [2.24, 2.45) is 0 Å². The number of carbonyl (C=O) groups excluding carboxylic acids is 2. The van der Waals surface area contributed by atoms with Gasteiger partial charge in [-0.15, -0.1) is 17.0 Å². The van der Waals surface area contributed by atoms with Crippen molar-refractivity contribution in [3.8, 4) is 40.4 Å². The minimum atomic E-state index is -0.181.